The molecule has 1 unspecified atom stereocenters. The zero-order chi connectivity index (χ0) is 16.6. The molecule has 3 heteroatoms. The first kappa shape index (κ1) is 15.6. The molecule has 0 bridgehead atoms. The number of benzene rings is 3. The van der Waals surface area contributed by atoms with Gasteiger partial charge < -0.3 is 0 Å². The van der Waals surface area contributed by atoms with Gasteiger partial charge in [0.1, 0.15) is 0 Å². The summed E-state index contributed by atoms with van der Waals surface area (Å²) in [5.41, 5.74) is 13.2. The average Bonchev–Trinajstić information content (AvgIpc) is 2.67. The lowest BCUT2D eigenvalue weighted by molar-refractivity contribution is 0.921. The van der Waals surface area contributed by atoms with E-state index in [4.69, 9.17) is 5.53 Å². The Morgan fingerprint density at radius 3 is 1.92 bits per heavy atom. The molecule has 0 aliphatic rings. The van der Waals surface area contributed by atoms with Crippen molar-refractivity contribution in [3.63, 3.8) is 0 Å². The quantitative estimate of drug-likeness (QED) is 0.230. The lowest BCUT2D eigenvalue weighted by atomic mass is 9.92. The Balaban J connectivity index is 2.16. The summed E-state index contributed by atoms with van der Waals surface area (Å²) in [5, 5.41) is 4.08. The van der Waals surface area contributed by atoms with E-state index >= 15 is 0 Å². The minimum Gasteiger partial charge on any atom is -0.0811 e. The molecule has 0 N–H and O–H groups in total. The molecule has 0 aromatic heterocycles. The Morgan fingerprint density at radius 1 is 0.792 bits per heavy atom. The van der Waals surface area contributed by atoms with Crippen LogP contribution in [0.25, 0.3) is 22.1 Å². The second-order valence-electron chi connectivity index (χ2n) is 5.39. The fourth-order valence-corrected chi connectivity index (χ4v) is 2.67. The van der Waals surface area contributed by atoms with Gasteiger partial charge >= 0.3 is 0 Å². The molecular formula is C21H17N3. The first-order valence-electron chi connectivity index (χ1n) is 7.79. The maximum Gasteiger partial charge on any atom is 0.0882 e. The molecule has 0 radical (unpaired) electrons. The van der Waals surface area contributed by atoms with Crippen LogP contribution in [0.1, 0.15) is 22.7 Å². The number of rotatable bonds is 5. The highest BCUT2D eigenvalue weighted by Gasteiger charge is 2.16. The van der Waals surface area contributed by atoms with E-state index in [9.17, 15) is 0 Å². The van der Waals surface area contributed by atoms with Crippen LogP contribution in [0, 0.1) is 0 Å². The normalized spacial score (nSPS) is 12.2. The largest absolute Gasteiger partial charge is 0.0882 e. The van der Waals surface area contributed by atoms with Gasteiger partial charge in [0.2, 0.25) is 0 Å². The second kappa shape index (κ2) is 7.82. The van der Waals surface area contributed by atoms with Crippen molar-refractivity contribution in [2.45, 2.75) is 6.04 Å². The zero-order valence-electron chi connectivity index (χ0n) is 13.2. The summed E-state index contributed by atoms with van der Waals surface area (Å²) in [6.45, 7) is 0. The maximum atomic E-state index is 9.09. The molecule has 3 aromatic carbocycles. The minimum absolute atomic E-state index is 0.376. The highest BCUT2D eigenvalue weighted by atomic mass is 15.1. The van der Waals surface area contributed by atoms with Gasteiger partial charge in [-0.1, -0.05) is 102 Å². The van der Waals surface area contributed by atoms with Crippen molar-refractivity contribution in [3.05, 3.63) is 118 Å². The number of azide groups is 1. The lowest BCUT2D eigenvalue weighted by Crippen LogP contribution is -1.99. The Kier molecular flexibility index (Phi) is 5.08. The van der Waals surface area contributed by atoms with E-state index in [0.717, 1.165) is 22.3 Å². The first-order chi connectivity index (χ1) is 11.9. The molecule has 0 heterocycles. The Morgan fingerprint density at radius 2 is 1.33 bits per heavy atom. The van der Waals surface area contributed by atoms with Crippen LogP contribution in [0.5, 0.6) is 0 Å². The molecule has 3 rings (SSSR count). The second-order valence-corrected chi connectivity index (χ2v) is 5.39. The molecule has 24 heavy (non-hydrogen) atoms. The van der Waals surface area contributed by atoms with Crippen molar-refractivity contribution in [2.24, 2.45) is 5.11 Å². The molecule has 116 valence electrons. The van der Waals surface area contributed by atoms with Gasteiger partial charge in [0.05, 0.1) is 6.04 Å². The molecule has 0 aliphatic carbocycles. The first-order valence-corrected chi connectivity index (χ1v) is 7.79. The molecule has 0 saturated heterocycles. The van der Waals surface area contributed by atoms with Crippen LogP contribution in [0.15, 0.2) is 96.1 Å². The van der Waals surface area contributed by atoms with E-state index < -0.39 is 0 Å². The van der Waals surface area contributed by atoms with Crippen LogP contribution in [-0.2, 0) is 0 Å². The molecule has 0 spiro atoms. The average molecular weight is 311 g/mol. The number of hydrogen-bond acceptors (Lipinski definition) is 1. The van der Waals surface area contributed by atoms with E-state index in [-0.39, 0.29) is 6.04 Å². The Bertz CT molecular complexity index is 849. The summed E-state index contributed by atoms with van der Waals surface area (Å²) in [5.74, 6) is 0. The van der Waals surface area contributed by atoms with Crippen molar-refractivity contribution in [1.29, 1.82) is 0 Å². The topological polar surface area (TPSA) is 48.8 Å². The van der Waals surface area contributed by atoms with Gasteiger partial charge in [0.25, 0.3) is 0 Å². The smallest absolute Gasteiger partial charge is 0.0811 e. The van der Waals surface area contributed by atoms with Gasteiger partial charge in [-0.15, -0.1) is 0 Å². The summed E-state index contributed by atoms with van der Waals surface area (Å²) in [7, 11) is 0. The summed E-state index contributed by atoms with van der Waals surface area (Å²) >= 11 is 0. The van der Waals surface area contributed by atoms with E-state index in [0.29, 0.717) is 0 Å². The summed E-state index contributed by atoms with van der Waals surface area (Å²) < 4.78 is 0. The summed E-state index contributed by atoms with van der Waals surface area (Å²) in [6.07, 6.45) is 2.08. The minimum atomic E-state index is -0.376. The van der Waals surface area contributed by atoms with Gasteiger partial charge in [-0.25, -0.2) is 0 Å². The van der Waals surface area contributed by atoms with Gasteiger partial charge in [0, 0.05) is 4.91 Å². The van der Waals surface area contributed by atoms with Crippen LogP contribution >= 0.6 is 0 Å². The molecular weight excluding hydrogens is 294 g/mol. The van der Waals surface area contributed by atoms with Crippen LogP contribution in [0.4, 0.5) is 0 Å². The predicted octanol–water partition coefficient (Wildman–Crippen LogP) is 6.28. The molecule has 1 atom stereocenters. The third-order valence-electron chi connectivity index (χ3n) is 3.81. The number of hydrogen-bond donors (Lipinski definition) is 0. The highest BCUT2D eigenvalue weighted by Crippen LogP contribution is 2.35. The van der Waals surface area contributed by atoms with E-state index in [2.05, 4.69) is 16.1 Å². The van der Waals surface area contributed by atoms with Crippen LogP contribution in [-0.4, -0.2) is 0 Å². The van der Waals surface area contributed by atoms with Gasteiger partial charge in [-0.05, 0) is 27.8 Å². The molecule has 0 saturated carbocycles. The van der Waals surface area contributed by atoms with Crippen LogP contribution < -0.4 is 0 Å². The molecule has 3 aromatic rings. The van der Waals surface area contributed by atoms with E-state index in [1.807, 2.05) is 91.0 Å². The lowest BCUT2D eigenvalue weighted by Gasteiger charge is -2.17. The summed E-state index contributed by atoms with van der Waals surface area (Å²) in [4.78, 5) is 3.08. The third kappa shape index (κ3) is 3.72. The third-order valence-corrected chi connectivity index (χ3v) is 3.81. The fourth-order valence-electron chi connectivity index (χ4n) is 2.67. The number of nitrogens with zero attached hydrogens (tertiary/aromatic N) is 3. The van der Waals surface area contributed by atoms with Crippen molar-refractivity contribution in [1.82, 2.24) is 0 Å². The van der Waals surface area contributed by atoms with Crippen LogP contribution in [0.3, 0.4) is 0 Å². The Labute approximate surface area is 141 Å². The monoisotopic (exact) mass is 311 g/mol. The predicted molar refractivity (Wildman–Crippen MR) is 99.1 cm³/mol. The molecule has 3 nitrogen and oxygen atoms in total. The Hall–Kier alpha value is -3.29. The van der Waals surface area contributed by atoms with Crippen LogP contribution in [0.2, 0.25) is 0 Å². The van der Waals surface area contributed by atoms with E-state index in [1.54, 1.807) is 0 Å². The summed E-state index contributed by atoms with van der Waals surface area (Å²) in [6, 6.07) is 29.6. The molecule has 0 amide bonds. The van der Waals surface area contributed by atoms with Gasteiger partial charge in [0.15, 0.2) is 0 Å². The van der Waals surface area contributed by atoms with Crippen molar-refractivity contribution < 1.29 is 0 Å². The van der Waals surface area contributed by atoms with Gasteiger partial charge in [-0.2, -0.15) is 0 Å². The van der Waals surface area contributed by atoms with E-state index in [1.165, 1.54) is 0 Å². The maximum absolute atomic E-state index is 9.09. The SMILES string of the molecule is [N-]=[N+]=NC(/C(=C/c1ccccc1)c1ccccc1)c1ccccc1. The van der Waals surface area contributed by atoms with Gasteiger partial charge in [-0.3, -0.25) is 0 Å². The van der Waals surface area contributed by atoms with Crippen molar-refractivity contribution >= 4 is 11.6 Å². The highest BCUT2D eigenvalue weighted by molar-refractivity contribution is 5.85. The van der Waals surface area contributed by atoms with Crippen molar-refractivity contribution in [3.8, 4) is 0 Å². The van der Waals surface area contributed by atoms with Crippen molar-refractivity contribution in [2.75, 3.05) is 0 Å². The standard InChI is InChI=1S/C21H17N3/c22-24-23-21(19-14-8-3-9-15-19)20(18-12-6-2-7-13-18)16-17-10-4-1-5-11-17/h1-16,21H/b20-16+. The molecule has 0 aliphatic heterocycles. The molecule has 0 fully saturated rings. The fraction of sp³-hybridized carbons (Fsp3) is 0.0476. The zero-order valence-corrected chi connectivity index (χ0v) is 13.2.